The number of thioether (sulfide) groups is 1. The zero-order valence-corrected chi connectivity index (χ0v) is 30.8. The number of fused-ring (bicyclic) bond motifs is 1. The van der Waals surface area contributed by atoms with Crippen LogP contribution in [-0.4, -0.2) is 52.3 Å². The zero-order valence-electron chi connectivity index (χ0n) is 29.1. The molecule has 0 saturated carbocycles. The fourth-order valence-corrected chi connectivity index (χ4v) is 7.59. The van der Waals surface area contributed by atoms with E-state index in [-0.39, 0.29) is 11.0 Å². The first kappa shape index (κ1) is 38.5. The lowest BCUT2D eigenvalue weighted by atomic mass is 9.77. The van der Waals surface area contributed by atoms with Gasteiger partial charge in [-0.1, -0.05) is 88.1 Å². The zero-order chi connectivity index (χ0) is 36.4. The van der Waals surface area contributed by atoms with E-state index in [1.165, 1.54) is 18.7 Å². The van der Waals surface area contributed by atoms with Crippen LogP contribution in [0.3, 0.4) is 0 Å². The lowest BCUT2D eigenvalue weighted by Crippen LogP contribution is -2.48. The third-order valence-electron chi connectivity index (χ3n) is 8.76. The SMILES string of the molecule is CCCCC1(CCCC)C(=O)[SH]c2cc(OC(C)C(=O)N[C@@H](C(=O)N[C@@H](C)C(=O)O)c3ccccc3)c(SC)cc2N(c2ccccc2)C1=O. The van der Waals surface area contributed by atoms with E-state index in [9.17, 15) is 29.1 Å². The van der Waals surface area contributed by atoms with Crippen LogP contribution in [0.25, 0.3) is 0 Å². The Labute approximate surface area is 302 Å². The molecule has 12 heteroatoms. The number of nitrogens with zero attached hydrogens (tertiary/aromatic N) is 1. The van der Waals surface area contributed by atoms with Gasteiger partial charge in [-0.05, 0) is 62.8 Å². The molecule has 3 aromatic carbocycles. The van der Waals surface area contributed by atoms with Crippen LogP contribution < -0.4 is 20.3 Å². The van der Waals surface area contributed by atoms with E-state index in [4.69, 9.17) is 4.74 Å². The van der Waals surface area contributed by atoms with Crippen molar-refractivity contribution in [2.24, 2.45) is 5.41 Å². The number of unbranched alkanes of at least 4 members (excludes halogenated alkanes) is 2. The topological polar surface area (TPSA) is 142 Å². The molecule has 1 aliphatic rings. The third kappa shape index (κ3) is 8.70. The Balaban J connectivity index is 1.71. The number of amides is 3. The number of carboxylic acids is 1. The Morgan fingerprint density at radius 3 is 2.06 bits per heavy atom. The standard InChI is InChI=1S/C38H46N3O7S2/c1-6-8-20-38(21-9-7-2)36(46)41(27-18-14-11-15-19-27)28-22-31(49-5)29(23-30(28)50-37(38)47)48-25(4)33(42)40-32(26-16-12-10-13-17-26)34(43)39-24(3)35(44)45/h10-19,22-25,32,50H,6-9,20-21H2,1-5H3,(H,39,43)(H,40,42)(H,44,45)/t24-,25?,32+/m0/s1. The normalized spacial score (nSPS) is 15.7. The number of hydrogen-bond donors (Lipinski definition) is 4. The van der Waals surface area contributed by atoms with Crippen LogP contribution >= 0.6 is 23.5 Å². The van der Waals surface area contributed by atoms with Crippen molar-refractivity contribution < 1.29 is 33.8 Å². The van der Waals surface area contributed by atoms with E-state index in [0.29, 0.717) is 57.1 Å². The average Bonchev–Trinajstić information content (AvgIpc) is 3.19. The van der Waals surface area contributed by atoms with Crippen LogP contribution in [0.5, 0.6) is 5.75 Å². The minimum absolute atomic E-state index is 0.148. The summed E-state index contributed by atoms with van der Waals surface area (Å²) >= 11 is 1.74. The van der Waals surface area contributed by atoms with E-state index >= 15 is 0 Å². The molecule has 0 saturated heterocycles. The number of para-hydroxylation sites is 1. The van der Waals surface area contributed by atoms with Crippen molar-refractivity contribution in [3.63, 3.8) is 0 Å². The molecule has 3 atom stereocenters. The van der Waals surface area contributed by atoms with Crippen LogP contribution in [0.2, 0.25) is 0 Å². The van der Waals surface area contributed by atoms with Gasteiger partial charge in [0.25, 0.3) is 5.91 Å². The lowest BCUT2D eigenvalue weighted by molar-refractivity contribution is -0.142. The molecule has 0 spiro atoms. The van der Waals surface area contributed by atoms with Crippen LogP contribution in [0.4, 0.5) is 11.4 Å². The van der Waals surface area contributed by atoms with Crippen LogP contribution in [0.1, 0.15) is 77.8 Å². The number of nitrogens with one attached hydrogen (secondary N) is 2. The van der Waals surface area contributed by atoms with E-state index in [2.05, 4.69) is 24.5 Å². The average molecular weight is 721 g/mol. The smallest absolute Gasteiger partial charge is 0.325 e. The molecule has 3 amide bonds. The van der Waals surface area contributed by atoms with Crippen LogP contribution in [0, 0.1) is 5.41 Å². The number of carboxylic acid groups (broad SMARTS) is 1. The summed E-state index contributed by atoms with van der Waals surface area (Å²) in [6.45, 7) is 7.00. The Kier molecular flexibility index (Phi) is 13.5. The molecule has 3 N–H and O–H groups in total. The Hall–Kier alpha value is -4.29. The predicted molar refractivity (Wildman–Crippen MR) is 198 cm³/mol. The van der Waals surface area contributed by atoms with Gasteiger partial charge in [0, 0.05) is 10.6 Å². The minimum Gasteiger partial charge on any atom is -0.480 e. The highest BCUT2D eigenvalue weighted by Gasteiger charge is 2.50. The van der Waals surface area contributed by atoms with Gasteiger partial charge in [0.1, 0.15) is 23.2 Å². The maximum Gasteiger partial charge on any atom is 0.325 e. The molecule has 1 unspecified atom stereocenters. The maximum atomic E-state index is 14.7. The Morgan fingerprint density at radius 2 is 1.50 bits per heavy atom. The second-order valence-electron chi connectivity index (χ2n) is 12.4. The summed E-state index contributed by atoms with van der Waals surface area (Å²) < 4.78 is 6.25. The highest BCUT2D eigenvalue weighted by atomic mass is 32.2. The molecular weight excluding hydrogens is 675 g/mol. The molecule has 0 fully saturated rings. The molecule has 267 valence electrons. The number of carbonyl (C=O) groups is 5. The molecule has 10 nitrogen and oxygen atoms in total. The highest BCUT2D eigenvalue weighted by molar-refractivity contribution is 8.14. The van der Waals surface area contributed by atoms with Gasteiger partial charge in [-0.2, -0.15) is 0 Å². The van der Waals surface area contributed by atoms with Crippen LogP contribution in [0.15, 0.2) is 82.6 Å². The van der Waals surface area contributed by atoms with Crippen molar-refractivity contribution in [1.29, 1.82) is 0 Å². The van der Waals surface area contributed by atoms with E-state index in [1.807, 2.05) is 42.7 Å². The molecule has 0 bridgehead atoms. The fourth-order valence-electron chi connectivity index (χ4n) is 5.84. The van der Waals surface area contributed by atoms with Gasteiger partial charge in [-0.3, -0.25) is 28.9 Å². The molecule has 0 aliphatic carbocycles. The van der Waals surface area contributed by atoms with Gasteiger partial charge in [0.2, 0.25) is 11.8 Å². The number of hydrogen-bond acceptors (Lipinski definition) is 7. The number of benzene rings is 3. The maximum absolute atomic E-state index is 14.7. The molecule has 3 aromatic rings. The molecule has 0 aromatic heterocycles. The van der Waals surface area contributed by atoms with E-state index in [1.54, 1.807) is 48.2 Å². The minimum atomic E-state index is -1.21. The number of aliphatic carboxylic acids is 1. The summed E-state index contributed by atoms with van der Waals surface area (Å²) in [5.74, 6) is -2.36. The van der Waals surface area contributed by atoms with E-state index in [0.717, 1.165) is 25.7 Å². The summed E-state index contributed by atoms with van der Waals surface area (Å²) in [7, 11) is 0. The summed E-state index contributed by atoms with van der Waals surface area (Å²) in [6, 6.07) is 19.1. The number of rotatable bonds is 16. The van der Waals surface area contributed by atoms with Crippen LogP contribution in [-0.2, 0) is 24.0 Å². The predicted octanol–water partition coefficient (Wildman–Crippen LogP) is 7.02. The van der Waals surface area contributed by atoms with Gasteiger partial charge < -0.3 is 20.5 Å². The van der Waals surface area contributed by atoms with Crippen molar-refractivity contribution in [3.8, 4) is 5.75 Å². The molecule has 1 radical (unpaired) electrons. The first-order chi connectivity index (χ1) is 24.0. The fraction of sp³-hybridized carbons (Fsp3) is 0.395. The van der Waals surface area contributed by atoms with Crippen molar-refractivity contribution in [1.82, 2.24) is 10.6 Å². The number of thiol groups is 1. The second kappa shape index (κ2) is 17.6. The molecular formula is C38H46N3O7S2. The third-order valence-corrected chi connectivity index (χ3v) is 10.7. The first-order valence-corrected chi connectivity index (χ1v) is 19.0. The molecule has 50 heavy (non-hydrogen) atoms. The highest BCUT2D eigenvalue weighted by Crippen LogP contribution is 2.51. The largest absolute Gasteiger partial charge is 0.480 e. The molecule has 4 rings (SSSR count). The van der Waals surface area contributed by atoms with Gasteiger partial charge in [-0.25, -0.2) is 0 Å². The second-order valence-corrected chi connectivity index (χ2v) is 14.3. The van der Waals surface area contributed by atoms with Crippen molar-refractivity contribution in [2.45, 2.75) is 94.2 Å². The Bertz CT molecular complexity index is 1680. The summed E-state index contributed by atoms with van der Waals surface area (Å²) in [6.07, 6.45) is 4.87. The number of carbonyl (C=O) groups excluding carboxylic acids is 4. The first-order valence-electron chi connectivity index (χ1n) is 16.9. The van der Waals surface area contributed by atoms with Crippen molar-refractivity contribution >= 4 is 63.7 Å². The molecule has 1 heterocycles. The number of ether oxygens (including phenoxy) is 1. The Morgan fingerprint density at radius 1 is 0.900 bits per heavy atom. The van der Waals surface area contributed by atoms with Crippen molar-refractivity contribution in [2.75, 3.05) is 11.2 Å². The quantitative estimate of drug-likeness (QED) is 0.0703. The van der Waals surface area contributed by atoms with Gasteiger partial charge in [0.05, 0.1) is 10.6 Å². The van der Waals surface area contributed by atoms with E-state index < -0.39 is 41.4 Å². The van der Waals surface area contributed by atoms with Gasteiger partial charge >= 0.3 is 5.97 Å². The van der Waals surface area contributed by atoms with Crippen molar-refractivity contribution in [3.05, 3.63) is 78.4 Å². The van der Waals surface area contributed by atoms with Gasteiger partial charge in [-0.15, -0.1) is 23.5 Å². The monoisotopic (exact) mass is 720 g/mol. The molecule has 1 aliphatic heterocycles. The summed E-state index contributed by atoms with van der Waals surface area (Å²) in [4.78, 5) is 70.1. The summed E-state index contributed by atoms with van der Waals surface area (Å²) in [5, 5.41) is 14.3. The number of anilines is 2. The summed E-state index contributed by atoms with van der Waals surface area (Å²) in [5.41, 5.74) is 0.544. The lowest BCUT2D eigenvalue weighted by Gasteiger charge is -2.34. The van der Waals surface area contributed by atoms with Gasteiger partial charge in [0.15, 0.2) is 11.2 Å².